The molecule has 4 rings (SSSR count). The summed E-state index contributed by atoms with van der Waals surface area (Å²) < 4.78 is 6.10. The Hall–Kier alpha value is -0.300. The summed E-state index contributed by atoms with van der Waals surface area (Å²) >= 11 is 0. The molecule has 4 aliphatic carbocycles. The van der Waals surface area contributed by atoms with Crippen LogP contribution in [0, 0.1) is 29.6 Å². The van der Waals surface area contributed by atoms with Crippen molar-refractivity contribution in [3.8, 4) is 0 Å². The Morgan fingerprint density at radius 1 is 0.913 bits per heavy atom. The minimum Gasteiger partial charge on any atom is -0.375 e. The molecule has 6 atom stereocenters. The first-order valence-corrected chi connectivity index (χ1v) is 10.6. The van der Waals surface area contributed by atoms with Crippen molar-refractivity contribution in [3.63, 3.8) is 0 Å². The van der Waals surface area contributed by atoms with Gasteiger partial charge in [0.2, 0.25) is 0 Å². The van der Waals surface area contributed by atoms with E-state index >= 15 is 0 Å². The summed E-state index contributed by atoms with van der Waals surface area (Å²) in [6.45, 7) is 8.36. The fourth-order valence-electron chi connectivity index (χ4n) is 6.35. The minimum absolute atomic E-state index is 0.386. The molecular weight excluding hydrogens is 280 g/mol. The average molecular weight is 319 g/mol. The zero-order valence-corrected chi connectivity index (χ0v) is 15.9. The maximum Gasteiger partial charge on any atom is 0.0616 e. The van der Waals surface area contributed by atoms with Crippen LogP contribution in [0.3, 0.4) is 0 Å². The molecule has 132 valence electrons. The highest BCUT2D eigenvalue weighted by Gasteiger charge is 2.47. The number of allylic oxidation sites excluding steroid dienone is 1. The molecule has 0 radical (unpaired) electrons. The maximum atomic E-state index is 6.10. The first kappa shape index (κ1) is 17.5. The molecule has 1 heteroatoms. The SMILES string of the molecule is CC.CC(C)OC1CCC2C(=CCC3C4CCCC4CCC23)C1. The molecule has 3 saturated carbocycles. The van der Waals surface area contributed by atoms with Crippen LogP contribution >= 0.6 is 0 Å². The molecule has 6 unspecified atom stereocenters. The van der Waals surface area contributed by atoms with Gasteiger partial charge in [0.25, 0.3) is 0 Å². The summed E-state index contributed by atoms with van der Waals surface area (Å²) in [5.41, 5.74) is 1.78. The average Bonchev–Trinajstić information content (AvgIpc) is 3.04. The molecule has 0 N–H and O–H groups in total. The van der Waals surface area contributed by atoms with Gasteiger partial charge in [-0.25, -0.2) is 0 Å². The van der Waals surface area contributed by atoms with Gasteiger partial charge in [-0.05, 0) is 88.4 Å². The predicted octanol–water partition coefficient (Wildman–Crippen LogP) is 6.38. The summed E-state index contributed by atoms with van der Waals surface area (Å²) in [6, 6.07) is 0. The van der Waals surface area contributed by atoms with Crippen molar-refractivity contribution >= 4 is 0 Å². The molecule has 1 nitrogen and oxygen atoms in total. The van der Waals surface area contributed by atoms with Crippen LogP contribution in [0.5, 0.6) is 0 Å². The van der Waals surface area contributed by atoms with E-state index in [1.54, 1.807) is 24.8 Å². The lowest BCUT2D eigenvalue weighted by molar-refractivity contribution is -0.0216. The monoisotopic (exact) mass is 318 g/mol. The van der Waals surface area contributed by atoms with Crippen molar-refractivity contribution < 1.29 is 4.74 Å². The Bertz CT molecular complexity index is 410. The Morgan fingerprint density at radius 3 is 2.52 bits per heavy atom. The van der Waals surface area contributed by atoms with E-state index < -0.39 is 0 Å². The van der Waals surface area contributed by atoms with Gasteiger partial charge in [0, 0.05) is 0 Å². The van der Waals surface area contributed by atoms with Crippen molar-refractivity contribution in [2.24, 2.45) is 29.6 Å². The van der Waals surface area contributed by atoms with Gasteiger partial charge in [0.15, 0.2) is 0 Å². The lowest BCUT2D eigenvalue weighted by Crippen LogP contribution is -2.41. The number of hydrogen-bond acceptors (Lipinski definition) is 1. The number of rotatable bonds is 2. The zero-order chi connectivity index (χ0) is 16.4. The molecule has 0 aliphatic heterocycles. The van der Waals surface area contributed by atoms with Crippen molar-refractivity contribution in [2.75, 3.05) is 0 Å². The smallest absolute Gasteiger partial charge is 0.0616 e. The third-order valence-electron chi connectivity index (χ3n) is 7.06. The van der Waals surface area contributed by atoms with Crippen LogP contribution < -0.4 is 0 Å². The van der Waals surface area contributed by atoms with Gasteiger partial charge in [-0.15, -0.1) is 0 Å². The molecule has 0 spiro atoms. The molecule has 3 fully saturated rings. The van der Waals surface area contributed by atoms with Gasteiger partial charge in [-0.3, -0.25) is 0 Å². The third-order valence-corrected chi connectivity index (χ3v) is 7.06. The van der Waals surface area contributed by atoms with E-state index in [1.165, 1.54) is 38.5 Å². The summed E-state index contributed by atoms with van der Waals surface area (Å²) in [4.78, 5) is 0. The summed E-state index contributed by atoms with van der Waals surface area (Å²) in [5, 5.41) is 0. The maximum absolute atomic E-state index is 6.10. The second-order valence-electron chi connectivity index (χ2n) is 8.47. The van der Waals surface area contributed by atoms with Gasteiger partial charge in [-0.2, -0.15) is 0 Å². The van der Waals surface area contributed by atoms with E-state index in [4.69, 9.17) is 4.74 Å². The van der Waals surface area contributed by atoms with Crippen LogP contribution in [-0.2, 0) is 4.74 Å². The number of fused-ring (bicyclic) bond motifs is 5. The fourth-order valence-corrected chi connectivity index (χ4v) is 6.35. The Morgan fingerprint density at radius 2 is 1.74 bits per heavy atom. The molecular formula is C22H38O. The number of ether oxygens (including phenoxy) is 1. The Labute approximate surface area is 144 Å². The second kappa shape index (κ2) is 7.72. The Balaban J connectivity index is 0.000000753. The zero-order valence-electron chi connectivity index (χ0n) is 15.9. The molecule has 0 heterocycles. The van der Waals surface area contributed by atoms with E-state index in [0.29, 0.717) is 12.2 Å². The van der Waals surface area contributed by atoms with E-state index in [1.807, 2.05) is 13.8 Å². The number of hydrogen-bond donors (Lipinski definition) is 0. The van der Waals surface area contributed by atoms with Crippen molar-refractivity contribution in [1.82, 2.24) is 0 Å². The van der Waals surface area contributed by atoms with Crippen LogP contribution in [0.4, 0.5) is 0 Å². The first-order valence-electron chi connectivity index (χ1n) is 10.6. The molecule has 0 amide bonds. The normalized spacial score (nSPS) is 42.0. The van der Waals surface area contributed by atoms with Crippen LogP contribution in [0.1, 0.15) is 85.5 Å². The summed E-state index contributed by atoms with van der Waals surface area (Å²) in [7, 11) is 0. The van der Waals surface area contributed by atoms with E-state index in [2.05, 4.69) is 19.9 Å². The minimum atomic E-state index is 0.386. The Kier molecular flexibility index (Phi) is 5.88. The predicted molar refractivity (Wildman–Crippen MR) is 98.4 cm³/mol. The van der Waals surface area contributed by atoms with Gasteiger partial charge in [0.1, 0.15) is 0 Å². The summed E-state index contributed by atoms with van der Waals surface area (Å²) in [5.74, 6) is 5.19. The van der Waals surface area contributed by atoms with Crippen LogP contribution in [0.25, 0.3) is 0 Å². The van der Waals surface area contributed by atoms with Crippen LogP contribution in [-0.4, -0.2) is 12.2 Å². The molecule has 0 bridgehead atoms. The van der Waals surface area contributed by atoms with E-state index in [0.717, 1.165) is 29.6 Å². The molecule has 0 aromatic rings. The lowest BCUT2D eigenvalue weighted by atomic mass is 9.57. The second-order valence-corrected chi connectivity index (χ2v) is 8.47. The molecule has 4 aliphatic rings. The summed E-state index contributed by atoms with van der Waals surface area (Å²) in [6.07, 6.45) is 16.6. The standard InChI is InChI=1S/C20H32O.C2H6/c1-13(2)21-16-8-11-18-15(12-16)7-10-19-17-5-3-4-14(17)6-9-20(18)19;1-2/h7,13-14,16-20H,3-6,8-12H2,1-2H3;1-2H3. The van der Waals surface area contributed by atoms with Gasteiger partial charge in [0.05, 0.1) is 12.2 Å². The lowest BCUT2D eigenvalue weighted by Gasteiger charge is -2.49. The first-order chi connectivity index (χ1) is 11.2. The third kappa shape index (κ3) is 3.55. The molecule has 23 heavy (non-hydrogen) atoms. The van der Waals surface area contributed by atoms with Crippen molar-refractivity contribution in [2.45, 2.75) is 97.7 Å². The quantitative estimate of drug-likeness (QED) is 0.537. The van der Waals surface area contributed by atoms with Gasteiger partial charge in [-0.1, -0.05) is 38.3 Å². The van der Waals surface area contributed by atoms with Gasteiger partial charge < -0.3 is 4.74 Å². The highest BCUT2D eigenvalue weighted by atomic mass is 16.5. The van der Waals surface area contributed by atoms with Crippen molar-refractivity contribution in [3.05, 3.63) is 11.6 Å². The van der Waals surface area contributed by atoms with Gasteiger partial charge >= 0.3 is 0 Å². The molecule has 0 aromatic carbocycles. The largest absolute Gasteiger partial charge is 0.375 e. The fraction of sp³-hybridized carbons (Fsp3) is 0.909. The topological polar surface area (TPSA) is 9.23 Å². The highest BCUT2D eigenvalue weighted by Crippen LogP contribution is 2.56. The van der Waals surface area contributed by atoms with Crippen molar-refractivity contribution in [1.29, 1.82) is 0 Å². The highest BCUT2D eigenvalue weighted by molar-refractivity contribution is 5.19. The van der Waals surface area contributed by atoms with E-state index in [9.17, 15) is 0 Å². The van der Waals surface area contributed by atoms with E-state index in [-0.39, 0.29) is 0 Å². The molecule has 0 aromatic heterocycles. The van der Waals surface area contributed by atoms with Crippen LogP contribution in [0.2, 0.25) is 0 Å². The van der Waals surface area contributed by atoms with Crippen LogP contribution in [0.15, 0.2) is 11.6 Å². The molecule has 0 saturated heterocycles.